The Labute approximate surface area is 236 Å². The van der Waals surface area contributed by atoms with Gasteiger partial charge in [0.2, 0.25) is 0 Å². The molecule has 6 heteroatoms. The van der Waals surface area contributed by atoms with Gasteiger partial charge in [-0.1, -0.05) is 87.3 Å². The van der Waals surface area contributed by atoms with Crippen LogP contribution in [0.4, 0.5) is 0 Å². The van der Waals surface area contributed by atoms with Crippen molar-refractivity contribution in [3.8, 4) is 22.5 Å². The van der Waals surface area contributed by atoms with E-state index in [0.717, 1.165) is 17.0 Å². The van der Waals surface area contributed by atoms with Crippen LogP contribution in [0.25, 0.3) is 22.5 Å². The molecule has 2 aromatic heterocycles. The molecule has 0 aliphatic heterocycles. The first kappa shape index (κ1) is 31.9. The number of hydrogen-bond acceptors (Lipinski definition) is 2. The Bertz CT molecular complexity index is 1140. The minimum absolute atomic E-state index is 0. The number of aryl methyl sites for hydroxylation is 2. The van der Waals surface area contributed by atoms with Crippen molar-refractivity contribution in [3.63, 3.8) is 0 Å². The van der Waals surface area contributed by atoms with E-state index in [4.69, 9.17) is 0 Å². The van der Waals surface area contributed by atoms with E-state index in [-0.39, 0.29) is 28.5 Å². The van der Waals surface area contributed by atoms with Gasteiger partial charge in [0.15, 0.2) is 0 Å². The quantitative estimate of drug-likeness (QED) is 0.179. The van der Waals surface area contributed by atoms with Crippen molar-refractivity contribution in [2.45, 2.75) is 53.1 Å². The molecule has 36 heavy (non-hydrogen) atoms. The summed E-state index contributed by atoms with van der Waals surface area (Å²) >= 11 is 0. The molecule has 0 bridgehead atoms. The second-order valence-corrected chi connectivity index (χ2v) is 21.1. The third-order valence-corrected chi connectivity index (χ3v) is 9.91. The predicted octanol–water partition coefficient (Wildman–Crippen LogP) is 6.62. The number of aromatic nitrogens is 2. The predicted molar refractivity (Wildman–Crippen MR) is 159 cm³/mol. The summed E-state index contributed by atoms with van der Waals surface area (Å²) in [5.41, 5.74) is 6.95. The first-order chi connectivity index (χ1) is 16.0. The fraction of sp³-hybridized carbons (Fsp3) is 0.267. The Morgan fingerprint density at radius 2 is 1.11 bits per heavy atom. The molecule has 0 saturated heterocycles. The Morgan fingerprint density at radius 1 is 0.639 bits per heavy atom. The Kier molecular flexibility index (Phi) is 11.9. The Balaban J connectivity index is 0.000000341. The first-order valence-corrected chi connectivity index (χ1v) is 18.9. The molecule has 4 radical (unpaired) electrons. The van der Waals surface area contributed by atoms with Crippen molar-refractivity contribution in [2.75, 3.05) is 0 Å². The summed E-state index contributed by atoms with van der Waals surface area (Å²) in [4.78, 5) is 9.27. The molecular formula is C30H37BIrN2Si2-. The monoisotopic (exact) mass is 685 g/mol. The maximum absolute atomic E-state index is 4.65. The average Bonchev–Trinajstić information content (AvgIpc) is 2.79. The smallest absolute Gasteiger partial charge is 0.0796 e. The number of rotatable bonds is 4. The summed E-state index contributed by atoms with van der Waals surface area (Å²) in [6.07, 6.45) is 4.09. The molecule has 0 fully saturated rings. The van der Waals surface area contributed by atoms with Gasteiger partial charge in [0.05, 0.1) is 21.8 Å². The number of benzene rings is 2. The number of nitrogens with zero attached hydrogens (tertiary/aromatic N) is 2. The van der Waals surface area contributed by atoms with E-state index >= 15 is 0 Å². The Morgan fingerprint density at radius 3 is 1.53 bits per heavy atom. The van der Waals surface area contributed by atoms with Crippen LogP contribution in [0.1, 0.15) is 11.1 Å². The van der Waals surface area contributed by atoms with Gasteiger partial charge in [0.1, 0.15) is 0 Å². The summed E-state index contributed by atoms with van der Waals surface area (Å²) in [7, 11) is -2.51. The zero-order valence-corrected chi connectivity index (χ0v) is 27.2. The van der Waals surface area contributed by atoms with Crippen molar-refractivity contribution in [1.82, 2.24) is 9.97 Å². The van der Waals surface area contributed by atoms with Crippen molar-refractivity contribution < 1.29 is 20.1 Å². The van der Waals surface area contributed by atoms with Crippen molar-refractivity contribution in [3.05, 3.63) is 96.3 Å². The maximum Gasteiger partial charge on any atom is 0.0796 e. The molecule has 4 rings (SSSR count). The zero-order chi connectivity index (χ0) is 24.9. The van der Waals surface area contributed by atoms with Crippen molar-refractivity contribution in [2.24, 2.45) is 0 Å². The van der Waals surface area contributed by atoms with Crippen molar-refractivity contribution in [1.29, 1.82) is 0 Å². The Hall–Kier alpha value is -2.11. The fourth-order valence-electron chi connectivity index (χ4n) is 3.69. The largest absolute Gasteiger partial charge is 0.305 e. The van der Waals surface area contributed by atoms with Gasteiger partial charge in [0, 0.05) is 46.5 Å². The van der Waals surface area contributed by atoms with Gasteiger partial charge < -0.3 is 4.98 Å². The van der Waals surface area contributed by atoms with E-state index in [1.165, 1.54) is 27.1 Å². The van der Waals surface area contributed by atoms with Gasteiger partial charge in [0.25, 0.3) is 0 Å². The molecule has 2 nitrogen and oxygen atoms in total. The summed E-state index contributed by atoms with van der Waals surface area (Å²) < 4.78 is 0. The van der Waals surface area contributed by atoms with E-state index in [1.807, 2.05) is 30.5 Å². The van der Waals surface area contributed by atoms with Crippen molar-refractivity contribution >= 4 is 34.9 Å². The topological polar surface area (TPSA) is 25.8 Å². The zero-order valence-electron chi connectivity index (χ0n) is 22.8. The van der Waals surface area contributed by atoms with Gasteiger partial charge in [-0.05, 0) is 35.5 Å². The van der Waals surface area contributed by atoms with Crippen LogP contribution in [0, 0.1) is 19.9 Å². The molecule has 0 atom stereocenters. The summed E-state index contributed by atoms with van der Waals surface area (Å²) in [6.45, 7) is 18.4. The molecule has 4 aromatic rings. The minimum Gasteiger partial charge on any atom is -0.305 e. The molecular weight excluding hydrogens is 648 g/mol. The third-order valence-electron chi connectivity index (χ3n) is 5.90. The fourth-order valence-corrected chi connectivity index (χ4v) is 5.89. The molecule has 0 amide bonds. The summed E-state index contributed by atoms with van der Waals surface area (Å²) in [5, 5.41) is 2.84. The molecule has 2 heterocycles. The molecule has 2 aromatic carbocycles. The van der Waals surface area contributed by atoms with Crippen LogP contribution in [0.5, 0.6) is 0 Å². The van der Waals surface area contributed by atoms with Crippen LogP contribution < -0.4 is 10.4 Å². The summed E-state index contributed by atoms with van der Waals surface area (Å²) in [5.74, 6) is 0. The second-order valence-electron chi connectivity index (χ2n) is 10.9. The van der Waals surface area contributed by atoms with E-state index < -0.39 is 16.1 Å². The second kappa shape index (κ2) is 13.4. The third kappa shape index (κ3) is 8.48. The average molecular weight is 685 g/mol. The molecule has 0 saturated carbocycles. The maximum atomic E-state index is 4.65. The van der Waals surface area contributed by atoms with Gasteiger partial charge in [-0.15, -0.1) is 35.9 Å². The van der Waals surface area contributed by atoms with Gasteiger partial charge in [-0.25, -0.2) is 0 Å². The van der Waals surface area contributed by atoms with E-state index in [9.17, 15) is 0 Å². The molecule has 0 aliphatic carbocycles. The van der Waals surface area contributed by atoms with Crippen LogP contribution in [0.2, 0.25) is 39.3 Å². The summed E-state index contributed by atoms with van der Waals surface area (Å²) in [6, 6.07) is 26.2. The van der Waals surface area contributed by atoms with Gasteiger partial charge in [-0.3, -0.25) is 4.98 Å². The van der Waals surface area contributed by atoms with Crippen LogP contribution in [0.3, 0.4) is 0 Å². The normalized spacial score (nSPS) is 10.9. The SMILES string of the molecule is Cc1cc([Si](C)(C)C)cnc1-c1[c-]cccc1.Cc1cc([Si](C)(C)C)cnc1-c1ccccc1.[B].[Ir]. The van der Waals surface area contributed by atoms with Gasteiger partial charge >= 0.3 is 0 Å². The number of hydrogen-bond donors (Lipinski definition) is 0. The van der Waals surface area contributed by atoms with Gasteiger partial charge in [-0.2, -0.15) is 0 Å². The molecule has 188 valence electrons. The molecule has 0 aliphatic rings. The van der Waals surface area contributed by atoms with Crippen LogP contribution in [0.15, 0.2) is 79.1 Å². The van der Waals surface area contributed by atoms with Crippen LogP contribution in [-0.4, -0.2) is 34.5 Å². The first-order valence-electron chi connectivity index (χ1n) is 11.9. The van der Waals surface area contributed by atoms with E-state index in [1.54, 1.807) is 0 Å². The molecule has 0 unspecified atom stereocenters. The number of pyridine rings is 2. The minimum atomic E-state index is -1.26. The van der Waals surface area contributed by atoms with E-state index in [2.05, 4.69) is 118 Å². The molecule has 0 N–H and O–H groups in total. The van der Waals surface area contributed by atoms with Crippen LogP contribution >= 0.6 is 0 Å². The molecule has 0 spiro atoms. The van der Waals surface area contributed by atoms with Crippen LogP contribution in [-0.2, 0) is 20.1 Å². The van der Waals surface area contributed by atoms with E-state index in [0.29, 0.717) is 0 Å². The standard InChI is InChI=1S/C15H19NSi.C15H18NSi.B.Ir/c2*1-12-10-14(17(2,3)4)11-16-15(12)13-8-6-5-7-9-13;;/h5-11H,1-4H3;5-8,10-11H,1-4H3;;/q;-1;;.